The second-order valence-electron chi connectivity index (χ2n) is 3.22. The summed E-state index contributed by atoms with van der Waals surface area (Å²) in [5.41, 5.74) is 13.0. The molecule has 1 aromatic carbocycles. The van der Waals surface area contributed by atoms with Crippen molar-refractivity contribution in [2.75, 3.05) is 5.73 Å². The highest BCUT2D eigenvalue weighted by atomic mass is 16.3. The minimum Gasteiger partial charge on any atom is -0.398 e. The Kier molecular flexibility index (Phi) is 3.07. The molecule has 1 aromatic rings. The number of anilines is 1. The topological polar surface area (TPSA) is 96.1 Å². The molecule has 0 fully saturated rings. The summed E-state index contributed by atoms with van der Waals surface area (Å²) < 4.78 is 0. The van der Waals surface area contributed by atoms with Gasteiger partial charge < -0.3 is 16.6 Å². The van der Waals surface area contributed by atoms with Crippen LogP contribution in [0.5, 0.6) is 0 Å². The summed E-state index contributed by atoms with van der Waals surface area (Å²) in [5, 5.41) is 17.9. The Labute approximate surface area is 82.8 Å². The van der Waals surface area contributed by atoms with E-state index in [1.807, 2.05) is 6.07 Å². The van der Waals surface area contributed by atoms with Crippen LogP contribution in [0.3, 0.4) is 0 Å². The summed E-state index contributed by atoms with van der Waals surface area (Å²) in [6.45, 7) is 1.60. The van der Waals surface area contributed by atoms with Crippen molar-refractivity contribution in [1.29, 1.82) is 5.26 Å². The molecule has 14 heavy (non-hydrogen) atoms. The summed E-state index contributed by atoms with van der Waals surface area (Å²) >= 11 is 0. The van der Waals surface area contributed by atoms with Gasteiger partial charge in [0.25, 0.3) is 0 Å². The standard InChI is InChI=1S/C10H13N3O/c1-6(14)10(13)8-3-2-7(5-11)4-9(8)12/h2-4,6,10,14H,12-13H2,1H3/t6?,10-/m1/s1. The molecule has 0 aliphatic carbocycles. The smallest absolute Gasteiger partial charge is 0.0992 e. The maximum absolute atomic E-state index is 9.28. The second-order valence-corrected chi connectivity index (χ2v) is 3.22. The van der Waals surface area contributed by atoms with Crippen LogP contribution in [-0.2, 0) is 0 Å². The van der Waals surface area contributed by atoms with Crippen molar-refractivity contribution in [3.8, 4) is 6.07 Å². The van der Waals surface area contributed by atoms with Gasteiger partial charge in [-0.2, -0.15) is 5.26 Å². The van der Waals surface area contributed by atoms with Crippen LogP contribution in [-0.4, -0.2) is 11.2 Å². The van der Waals surface area contributed by atoms with Crippen molar-refractivity contribution in [3.63, 3.8) is 0 Å². The van der Waals surface area contributed by atoms with Gasteiger partial charge in [-0.1, -0.05) is 6.07 Å². The van der Waals surface area contributed by atoms with Gasteiger partial charge in [0.1, 0.15) is 0 Å². The number of hydrogen-bond donors (Lipinski definition) is 3. The minimum absolute atomic E-state index is 0.442. The molecule has 0 amide bonds. The Morgan fingerprint density at radius 3 is 2.57 bits per heavy atom. The largest absolute Gasteiger partial charge is 0.398 e. The molecule has 0 radical (unpaired) electrons. The van der Waals surface area contributed by atoms with E-state index in [0.29, 0.717) is 16.8 Å². The highest BCUT2D eigenvalue weighted by molar-refractivity contribution is 5.53. The number of rotatable bonds is 2. The number of aliphatic hydroxyl groups excluding tert-OH is 1. The first-order valence-electron chi connectivity index (χ1n) is 4.29. The maximum Gasteiger partial charge on any atom is 0.0992 e. The zero-order valence-electron chi connectivity index (χ0n) is 7.94. The van der Waals surface area contributed by atoms with Gasteiger partial charge in [-0.05, 0) is 24.6 Å². The lowest BCUT2D eigenvalue weighted by Gasteiger charge is -2.16. The molecule has 0 bridgehead atoms. The molecule has 0 spiro atoms. The van der Waals surface area contributed by atoms with E-state index in [0.717, 1.165) is 0 Å². The fraction of sp³-hybridized carbons (Fsp3) is 0.300. The van der Waals surface area contributed by atoms with Gasteiger partial charge in [0, 0.05) is 5.69 Å². The van der Waals surface area contributed by atoms with Gasteiger partial charge in [-0.25, -0.2) is 0 Å². The van der Waals surface area contributed by atoms with Crippen LogP contribution in [0.4, 0.5) is 5.69 Å². The SMILES string of the molecule is CC(O)[C@@H](N)c1ccc(C#N)cc1N. The van der Waals surface area contributed by atoms with Crippen LogP contribution in [0.2, 0.25) is 0 Å². The minimum atomic E-state index is -0.662. The number of nitriles is 1. The maximum atomic E-state index is 9.28. The molecule has 2 atom stereocenters. The van der Waals surface area contributed by atoms with Gasteiger partial charge in [0.15, 0.2) is 0 Å². The number of hydrogen-bond acceptors (Lipinski definition) is 4. The average molecular weight is 191 g/mol. The Morgan fingerprint density at radius 2 is 2.14 bits per heavy atom. The third-order valence-electron chi connectivity index (χ3n) is 2.09. The van der Waals surface area contributed by atoms with Crippen molar-refractivity contribution in [2.45, 2.75) is 19.1 Å². The molecular formula is C10H13N3O. The lowest BCUT2D eigenvalue weighted by atomic mass is 10.00. The van der Waals surface area contributed by atoms with E-state index < -0.39 is 12.1 Å². The van der Waals surface area contributed by atoms with Gasteiger partial charge in [0.2, 0.25) is 0 Å². The van der Waals surface area contributed by atoms with Crippen LogP contribution in [0.1, 0.15) is 24.1 Å². The van der Waals surface area contributed by atoms with E-state index in [-0.39, 0.29) is 0 Å². The Morgan fingerprint density at radius 1 is 1.50 bits per heavy atom. The third kappa shape index (κ3) is 2.02. The normalized spacial score (nSPS) is 14.4. The van der Waals surface area contributed by atoms with Gasteiger partial charge >= 0.3 is 0 Å². The zero-order valence-corrected chi connectivity index (χ0v) is 7.94. The van der Waals surface area contributed by atoms with E-state index in [1.165, 1.54) is 0 Å². The Hall–Kier alpha value is -1.57. The lowest BCUT2D eigenvalue weighted by molar-refractivity contribution is 0.164. The molecule has 5 N–H and O–H groups in total. The molecule has 4 nitrogen and oxygen atoms in total. The molecule has 74 valence electrons. The quantitative estimate of drug-likeness (QED) is 0.594. The van der Waals surface area contributed by atoms with Crippen molar-refractivity contribution in [2.24, 2.45) is 5.73 Å². The first kappa shape index (κ1) is 10.5. The number of benzene rings is 1. The summed E-state index contributed by atoms with van der Waals surface area (Å²) in [7, 11) is 0. The molecule has 0 aliphatic heterocycles. The molecule has 0 aliphatic rings. The third-order valence-corrected chi connectivity index (χ3v) is 2.09. The Balaban J connectivity index is 3.07. The van der Waals surface area contributed by atoms with E-state index in [2.05, 4.69) is 0 Å². The summed E-state index contributed by atoms with van der Waals surface area (Å²) in [6, 6.07) is 6.33. The van der Waals surface area contributed by atoms with Crippen molar-refractivity contribution >= 4 is 5.69 Å². The molecule has 0 heterocycles. The van der Waals surface area contributed by atoms with Crippen molar-refractivity contribution < 1.29 is 5.11 Å². The number of nitrogens with two attached hydrogens (primary N) is 2. The number of aliphatic hydroxyl groups is 1. The molecule has 4 heteroatoms. The first-order chi connectivity index (χ1) is 6.56. The molecule has 0 saturated heterocycles. The monoisotopic (exact) mass is 191 g/mol. The summed E-state index contributed by atoms with van der Waals surface area (Å²) in [6.07, 6.45) is -0.662. The van der Waals surface area contributed by atoms with E-state index in [9.17, 15) is 5.11 Å². The number of nitrogen functional groups attached to an aromatic ring is 1. The van der Waals surface area contributed by atoms with Gasteiger partial charge in [-0.15, -0.1) is 0 Å². The second kappa shape index (κ2) is 4.09. The Bertz CT molecular complexity index is 368. The first-order valence-corrected chi connectivity index (χ1v) is 4.29. The summed E-state index contributed by atoms with van der Waals surface area (Å²) in [4.78, 5) is 0. The summed E-state index contributed by atoms with van der Waals surface area (Å²) in [5.74, 6) is 0. The predicted molar refractivity (Wildman–Crippen MR) is 54.2 cm³/mol. The fourth-order valence-electron chi connectivity index (χ4n) is 1.21. The highest BCUT2D eigenvalue weighted by Gasteiger charge is 2.14. The van der Waals surface area contributed by atoms with E-state index in [1.54, 1.807) is 25.1 Å². The zero-order chi connectivity index (χ0) is 10.7. The van der Waals surface area contributed by atoms with Crippen LogP contribution >= 0.6 is 0 Å². The molecule has 1 rings (SSSR count). The van der Waals surface area contributed by atoms with Crippen molar-refractivity contribution in [3.05, 3.63) is 29.3 Å². The van der Waals surface area contributed by atoms with Crippen LogP contribution < -0.4 is 11.5 Å². The predicted octanol–water partition coefficient (Wildman–Crippen LogP) is 0.521. The van der Waals surface area contributed by atoms with Crippen LogP contribution in [0.15, 0.2) is 18.2 Å². The molecule has 0 saturated carbocycles. The number of nitrogens with zero attached hydrogens (tertiary/aromatic N) is 1. The molecule has 0 aromatic heterocycles. The van der Waals surface area contributed by atoms with E-state index in [4.69, 9.17) is 16.7 Å². The van der Waals surface area contributed by atoms with Crippen LogP contribution in [0.25, 0.3) is 0 Å². The van der Waals surface area contributed by atoms with Gasteiger partial charge in [0.05, 0.1) is 23.8 Å². The molecular weight excluding hydrogens is 178 g/mol. The fourth-order valence-corrected chi connectivity index (χ4v) is 1.21. The highest BCUT2D eigenvalue weighted by Crippen LogP contribution is 2.22. The lowest BCUT2D eigenvalue weighted by Crippen LogP contribution is -2.24. The average Bonchev–Trinajstić information content (AvgIpc) is 2.16. The van der Waals surface area contributed by atoms with Crippen LogP contribution in [0, 0.1) is 11.3 Å². The van der Waals surface area contributed by atoms with Crippen molar-refractivity contribution in [1.82, 2.24) is 0 Å². The van der Waals surface area contributed by atoms with Gasteiger partial charge in [-0.3, -0.25) is 0 Å². The molecule has 1 unspecified atom stereocenters. The van der Waals surface area contributed by atoms with E-state index >= 15 is 0 Å².